The summed E-state index contributed by atoms with van der Waals surface area (Å²) in [7, 11) is 3.29. The van der Waals surface area contributed by atoms with Crippen molar-refractivity contribution in [2.75, 3.05) is 46.9 Å². The summed E-state index contributed by atoms with van der Waals surface area (Å²) in [6, 6.07) is 41.2. The second kappa shape index (κ2) is 42.9. The minimum Gasteiger partial charge on any atom is -0.858 e. The molecule has 138 heavy (non-hydrogen) atoms. The normalized spacial score (nSPS) is 16.1. The second-order valence-corrected chi connectivity index (χ2v) is 37.0. The van der Waals surface area contributed by atoms with Gasteiger partial charge in [-0.15, -0.1) is 0 Å². The molecule has 0 bridgehead atoms. The van der Waals surface area contributed by atoms with Crippen LogP contribution < -0.4 is 10.7 Å². The fourth-order valence-corrected chi connectivity index (χ4v) is 19.3. The number of nitrogens with zero attached hydrogens (tertiary/aromatic N) is 16. The lowest BCUT2D eigenvalue weighted by molar-refractivity contribution is -0.212. The molecule has 0 radical (unpaired) electrons. The van der Waals surface area contributed by atoms with E-state index in [1.165, 1.54) is 111 Å². The monoisotopic (exact) mass is 1870 g/mol. The standard InChI is InChI=1S/C24H27N3O2.C23H24ClN3O2.C22H23N3O.C21H20FN3O.C21H21N5O2/c1-15-5-8-19(9-6-15)24-21(14-29-4)26-27-22(24)11-18(12-23(27)28)7-10-20-16(2)13-25-17(20)3;1-14-12-25-15(2)19(14)9-4-16-10-21-23(17-5-7-18(24)8-6-17)20(13-29-3)26-27(21)22(28)11-16;1-14-4-7-18(8-5-14)20-13-24-25-21(20)10-17(11-22(25)26)6-9-19-15(2)12-23-16(19)3;1-13-11-23-14(2)18(13)8-3-15-9-20-19(12-24-25(20)21(26)10-15)16-4-6-17(22)7-5-16;1-13-11-22-14(2)17(13)9-8-16-10-19(27)26-20(24-16)18(12-23-26)21(28)25-15-6-4-3-5-7-15/h5-6,8-9,12H,7,10-11,13-14H2,1-4H3;5-8,11H,4,9-10,12-13H2,1-3H3;4-5,7-8,11,13H,6,9-10,12H2,1-3H3;4-7,10,12H,3,8-9,11H2,1-2H3;3-7,10,12,23H,8-9,11H2,1-2H3,(H,25,28)/p-1. The topological polar surface area (TPSA) is 305 Å². The third-order valence-electron chi connectivity index (χ3n) is 26.8. The SMILES string of the molecule is CC1=NCC(C)=C1CCC1=CC(=O)n2ncc(-c3ccc(C)cc3)c2C1.CC1=NCC(C)=C1CCC1=CC(=O)n2ncc(-c3ccc(F)cc3)c2C1.CC1=NCC(C)=C1CCc1cc(=O)n2[nH]cc(C([O-])=Nc3ccccc3)c2n1.COCc1nn2c(c1-c1ccc(C)cc1)CC(CCC1=C(C)CN=C1C)=CC2=O.COCc1nn2c(c1-c1ccc(Cl)cc1)CC(CCC1=C(C)CN=C1C)=CC2=O. The van der Waals surface area contributed by atoms with Crippen molar-refractivity contribution in [3.05, 3.63) is 332 Å². The van der Waals surface area contributed by atoms with E-state index < -0.39 is 5.90 Å². The first-order valence-corrected chi connectivity index (χ1v) is 47.3. The summed E-state index contributed by atoms with van der Waals surface area (Å²) in [4.78, 5) is 94.1. The number of rotatable bonds is 25. The molecule has 0 saturated heterocycles. The van der Waals surface area contributed by atoms with Crippen molar-refractivity contribution in [1.82, 2.24) is 53.7 Å². The maximum Gasteiger partial charge on any atom is 0.272 e. The largest absolute Gasteiger partial charge is 0.858 e. The van der Waals surface area contributed by atoms with Crippen LogP contribution in [0.25, 0.3) is 50.2 Å². The van der Waals surface area contributed by atoms with Crippen molar-refractivity contribution >= 4 is 81.0 Å². The van der Waals surface area contributed by atoms with Crippen LogP contribution in [0, 0.1) is 19.7 Å². The maximum absolute atomic E-state index is 13.2. The second-order valence-electron chi connectivity index (χ2n) is 36.6. The molecule has 1 N–H and O–H groups in total. The smallest absolute Gasteiger partial charge is 0.272 e. The zero-order valence-corrected chi connectivity index (χ0v) is 81.5. The number of hydrogen-bond donors (Lipinski definition) is 1. The van der Waals surface area contributed by atoms with Crippen LogP contribution in [0.3, 0.4) is 0 Å². The van der Waals surface area contributed by atoms with Gasteiger partial charge in [0.2, 0.25) is 0 Å². The molecule has 9 aliphatic rings. The van der Waals surface area contributed by atoms with Crippen molar-refractivity contribution in [3.63, 3.8) is 0 Å². The average molecular weight is 1870 g/mol. The number of halogens is 2. The molecule has 0 amide bonds. The summed E-state index contributed by atoms with van der Waals surface area (Å²) in [6.07, 6.45) is 23.3. The lowest BCUT2D eigenvalue weighted by Gasteiger charge is -2.16. The average Bonchev–Trinajstić information content (AvgIpc) is 1.62. The van der Waals surface area contributed by atoms with E-state index in [2.05, 4.69) is 178 Å². The van der Waals surface area contributed by atoms with Gasteiger partial charge in [0, 0.05) is 149 Å². The molecule has 0 spiro atoms. The Morgan fingerprint density at radius 1 is 0.428 bits per heavy atom. The fourth-order valence-electron chi connectivity index (χ4n) is 19.2. The molecule has 5 aromatic carbocycles. The third-order valence-corrected chi connectivity index (χ3v) is 27.1. The number of carbonyl (C=O) groups is 4. The van der Waals surface area contributed by atoms with E-state index in [9.17, 15) is 33.5 Å². The molecule has 11 aromatic rings. The van der Waals surface area contributed by atoms with E-state index in [0.29, 0.717) is 54.5 Å². The highest BCUT2D eigenvalue weighted by atomic mass is 35.5. The number of carbonyl (C=O) groups excluding carboxylic acids is 4. The van der Waals surface area contributed by atoms with Crippen LogP contribution in [0.1, 0.15) is 203 Å². The molecule has 0 unspecified atom stereocenters. The van der Waals surface area contributed by atoms with Gasteiger partial charge in [0.15, 0.2) is 5.65 Å². The minimum atomic E-state index is -0.439. The number of methoxy groups -OCH3 is 2. The predicted molar refractivity (Wildman–Crippen MR) is 543 cm³/mol. The number of aliphatic imine (C=N–C) groups is 6. The van der Waals surface area contributed by atoms with E-state index in [1.54, 1.807) is 78.3 Å². The number of nitrogens with one attached hydrogen (secondary N) is 1. The Bertz CT molecular complexity index is 6900. The van der Waals surface area contributed by atoms with Gasteiger partial charge in [0.05, 0.1) is 98.2 Å². The Morgan fingerprint density at radius 2 is 0.775 bits per heavy atom. The third kappa shape index (κ3) is 21.9. The summed E-state index contributed by atoms with van der Waals surface area (Å²) in [6.45, 7) is 29.8. The Balaban J connectivity index is 0.000000125. The number of ether oxygens (including phenoxy) is 2. The van der Waals surface area contributed by atoms with Crippen LogP contribution in [0.5, 0.6) is 0 Å². The first kappa shape index (κ1) is 96.8. The highest BCUT2D eigenvalue weighted by Gasteiger charge is 2.32. The number of hydrogen-bond acceptors (Lipinski definition) is 19. The highest BCUT2D eigenvalue weighted by molar-refractivity contribution is 6.30. The minimum absolute atomic E-state index is 0.0397. The van der Waals surface area contributed by atoms with E-state index in [-0.39, 0.29) is 40.6 Å². The molecule has 27 heteroatoms. The van der Waals surface area contributed by atoms with Crippen molar-refractivity contribution in [1.29, 1.82) is 0 Å². The van der Waals surface area contributed by atoms with Crippen molar-refractivity contribution < 1.29 is 38.1 Å². The summed E-state index contributed by atoms with van der Waals surface area (Å²) in [5.74, 6) is -1.03. The van der Waals surface area contributed by atoms with Crippen LogP contribution in [0.15, 0.2) is 289 Å². The summed E-state index contributed by atoms with van der Waals surface area (Å²) < 4.78 is 31.3. The number of para-hydroxylation sites is 1. The predicted octanol–water partition coefficient (Wildman–Crippen LogP) is 20.9. The van der Waals surface area contributed by atoms with Crippen LogP contribution in [-0.2, 0) is 54.8 Å². The molecule has 706 valence electrons. The van der Waals surface area contributed by atoms with Crippen LogP contribution in [0.4, 0.5) is 10.1 Å². The zero-order chi connectivity index (χ0) is 97.3. The lowest BCUT2D eigenvalue weighted by atomic mass is 9.92. The van der Waals surface area contributed by atoms with E-state index in [4.69, 9.17) is 21.1 Å². The number of H-pyrrole nitrogens is 1. The first-order chi connectivity index (χ1) is 66.5. The van der Waals surface area contributed by atoms with Crippen molar-refractivity contribution in [3.8, 4) is 44.5 Å². The zero-order valence-electron chi connectivity index (χ0n) is 80.8. The Kier molecular flexibility index (Phi) is 30.1. The first-order valence-electron chi connectivity index (χ1n) is 46.9. The van der Waals surface area contributed by atoms with E-state index in [0.717, 1.165) is 227 Å². The van der Waals surface area contributed by atoms with Gasteiger partial charge in [0.25, 0.3) is 29.2 Å². The lowest BCUT2D eigenvalue weighted by Crippen LogP contribution is -2.20. The maximum atomic E-state index is 13.2. The van der Waals surface area contributed by atoms with Gasteiger partial charge in [0.1, 0.15) is 5.82 Å². The number of fused-ring (bicyclic) bond motifs is 5. The summed E-state index contributed by atoms with van der Waals surface area (Å²) >= 11 is 6.07. The van der Waals surface area contributed by atoms with Gasteiger partial charge in [-0.1, -0.05) is 136 Å². The Hall–Kier alpha value is -14.3. The highest BCUT2D eigenvalue weighted by Crippen LogP contribution is 2.40. The molecule has 20 rings (SSSR count). The van der Waals surface area contributed by atoms with Gasteiger partial charge in [-0.25, -0.2) is 23.3 Å². The fraction of sp³-hybridized carbons (Fsp3) is 0.315. The molecular weight excluding hydrogens is 1750 g/mol. The van der Waals surface area contributed by atoms with Crippen molar-refractivity contribution in [2.24, 2.45) is 30.0 Å². The molecule has 9 aliphatic heterocycles. The van der Waals surface area contributed by atoms with Crippen LogP contribution in [0.2, 0.25) is 5.02 Å². The van der Waals surface area contributed by atoms with Gasteiger partial charge in [-0.05, 0) is 262 Å². The number of aromatic amines is 1. The van der Waals surface area contributed by atoms with Gasteiger partial charge in [-0.3, -0.25) is 59.0 Å². The van der Waals surface area contributed by atoms with Gasteiger partial charge >= 0.3 is 0 Å². The molecule has 0 saturated carbocycles. The number of aryl methyl sites for hydroxylation is 3. The molecule has 15 heterocycles. The van der Waals surface area contributed by atoms with E-state index >= 15 is 0 Å². The van der Waals surface area contributed by atoms with Crippen LogP contribution >= 0.6 is 11.6 Å². The molecule has 0 atom stereocenters. The molecule has 6 aromatic heterocycles. The van der Waals surface area contributed by atoms with Gasteiger partial charge < -0.3 is 14.6 Å². The molecule has 25 nitrogen and oxygen atoms in total. The summed E-state index contributed by atoms with van der Waals surface area (Å²) in [5, 5.41) is 33.8. The number of allylic oxidation sites excluding steroid dienone is 13. The summed E-state index contributed by atoms with van der Waals surface area (Å²) in [5.41, 5.74) is 40.6. The van der Waals surface area contributed by atoms with Gasteiger partial charge in [-0.2, -0.15) is 29.8 Å². The number of aromatic nitrogens is 11. The van der Waals surface area contributed by atoms with E-state index in [1.807, 2.05) is 62.5 Å². The van der Waals surface area contributed by atoms with Crippen LogP contribution in [-0.4, -0.2) is 159 Å². The Labute approximate surface area is 807 Å². The molecule has 0 fully saturated rings. The molecular formula is C111H114ClFN17O8-. The molecule has 0 aliphatic carbocycles. The van der Waals surface area contributed by atoms with Crippen molar-refractivity contribution in [2.45, 2.75) is 186 Å². The number of benzene rings is 5. The quantitative estimate of drug-likeness (QED) is 0.0411. The Morgan fingerprint density at radius 3 is 1.14 bits per heavy atom.